The predicted molar refractivity (Wildman–Crippen MR) is 66.9 cm³/mol. The van der Waals surface area contributed by atoms with Gasteiger partial charge in [0.05, 0.1) is 19.1 Å². The second kappa shape index (κ2) is 4.40. The predicted octanol–water partition coefficient (Wildman–Crippen LogP) is 2.62. The molecule has 0 N–H and O–H groups in total. The van der Waals surface area contributed by atoms with E-state index < -0.39 is 0 Å². The highest BCUT2D eigenvalue weighted by Gasteiger charge is 2.45. The highest BCUT2D eigenvalue weighted by atomic mass is 16.5. The number of methoxy groups -OCH3 is 1. The molecule has 92 valence electrons. The molecule has 1 aromatic carbocycles. The number of β-lactam (4-membered cyclic amide) rings is 1. The van der Waals surface area contributed by atoms with Crippen molar-refractivity contribution < 1.29 is 9.53 Å². The van der Waals surface area contributed by atoms with Gasteiger partial charge in [0.25, 0.3) is 0 Å². The SMILES string of the molecule is COc1ccc([C@@H]2[C@H](C)C(=O)N2C(C)C)cc1. The standard InChI is InChI=1S/C14H19NO2/c1-9(2)15-13(10(3)14(15)16)11-5-7-12(17-4)8-6-11/h5-10,13H,1-4H3/t10-,13-/m0/s1. The van der Waals surface area contributed by atoms with E-state index in [-0.39, 0.29) is 23.9 Å². The Morgan fingerprint density at radius 3 is 2.29 bits per heavy atom. The molecule has 0 spiro atoms. The number of hydrogen-bond acceptors (Lipinski definition) is 2. The van der Waals surface area contributed by atoms with Gasteiger partial charge in [0.1, 0.15) is 5.75 Å². The Bertz CT molecular complexity index is 411. The zero-order chi connectivity index (χ0) is 12.6. The van der Waals surface area contributed by atoms with Gasteiger partial charge < -0.3 is 9.64 Å². The molecule has 3 nitrogen and oxygen atoms in total. The molecule has 17 heavy (non-hydrogen) atoms. The molecule has 1 aromatic rings. The third-order valence-electron chi connectivity index (χ3n) is 3.43. The van der Waals surface area contributed by atoms with E-state index in [9.17, 15) is 4.79 Å². The summed E-state index contributed by atoms with van der Waals surface area (Å²) in [6.07, 6.45) is 0. The van der Waals surface area contributed by atoms with E-state index in [2.05, 4.69) is 13.8 Å². The van der Waals surface area contributed by atoms with Crippen molar-refractivity contribution in [1.29, 1.82) is 0 Å². The summed E-state index contributed by atoms with van der Waals surface area (Å²) in [4.78, 5) is 13.8. The smallest absolute Gasteiger partial charge is 0.228 e. The largest absolute Gasteiger partial charge is 0.497 e. The zero-order valence-corrected chi connectivity index (χ0v) is 10.8. The first-order valence-corrected chi connectivity index (χ1v) is 6.02. The van der Waals surface area contributed by atoms with Crippen LogP contribution in [0.3, 0.4) is 0 Å². The van der Waals surface area contributed by atoms with Crippen LogP contribution in [0.25, 0.3) is 0 Å². The lowest BCUT2D eigenvalue weighted by Gasteiger charge is -2.48. The van der Waals surface area contributed by atoms with Crippen molar-refractivity contribution in [3.05, 3.63) is 29.8 Å². The minimum atomic E-state index is 0.0887. The van der Waals surface area contributed by atoms with Crippen LogP contribution in [0.4, 0.5) is 0 Å². The molecule has 2 rings (SSSR count). The molecular formula is C14H19NO2. The van der Waals surface area contributed by atoms with E-state index in [0.29, 0.717) is 0 Å². The van der Waals surface area contributed by atoms with Crippen LogP contribution in [0, 0.1) is 5.92 Å². The molecule has 1 heterocycles. The Hall–Kier alpha value is -1.51. The molecule has 3 heteroatoms. The molecular weight excluding hydrogens is 214 g/mol. The number of amides is 1. The van der Waals surface area contributed by atoms with Gasteiger partial charge >= 0.3 is 0 Å². The average Bonchev–Trinajstić information content (AvgIpc) is 2.34. The van der Waals surface area contributed by atoms with Gasteiger partial charge in [-0.15, -0.1) is 0 Å². The molecule has 1 aliphatic rings. The number of hydrogen-bond donors (Lipinski definition) is 0. The van der Waals surface area contributed by atoms with Crippen LogP contribution in [0.2, 0.25) is 0 Å². The number of rotatable bonds is 3. The van der Waals surface area contributed by atoms with Gasteiger partial charge in [0.15, 0.2) is 0 Å². The molecule has 0 radical (unpaired) electrons. The van der Waals surface area contributed by atoms with Crippen molar-refractivity contribution in [2.75, 3.05) is 7.11 Å². The molecule has 0 aliphatic carbocycles. The number of ether oxygens (including phenoxy) is 1. The van der Waals surface area contributed by atoms with Crippen LogP contribution in [0.5, 0.6) is 5.75 Å². The monoisotopic (exact) mass is 233 g/mol. The molecule has 0 bridgehead atoms. The highest BCUT2D eigenvalue weighted by molar-refractivity contribution is 5.86. The van der Waals surface area contributed by atoms with Crippen molar-refractivity contribution >= 4 is 5.91 Å². The van der Waals surface area contributed by atoms with Crippen LogP contribution in [0.1, 0.15) is 32.4 Å². The van der Waals surface area contributed by atoms with E-state index in [1.54, 1.807) is 7.11 Å². The zero-order valence-electron chi connectivity index (χ0n) is 10.8. The van der Waals surface area contributed by atoms with Crippen LogP contribution in [-0.4, -0.2) is 24.0 Å². The van der Waals surface area contributed by atoms with Crippen LogP contribution >= 0.6 is 0 Å². The van der Waals surface area contributed by atoms with Gasteiger partial charge in [-0.25, -0.2) is 0 Å². The van der Waals surface area contributed by atoms with Crippen molar-refractivity contribution in [2.24, 2.45) is 5.92 Å². The summed E-state index contributed by atoms with van der Waals surface area (Å²) in [5, 5.41) is 0. The third kappa shape index (κ3) is 1.90. The van der Waals surface area contributed by atoms with E-state index in [1.165, 1.54) is 5.56 Å². The second-order valence-electron chi connectivity index (χ2n) is 4.85. The number of carbonyl (C=O) groups excluding carboxylic acids is 1. The maximum Gasteiger partial charge on any atom is 0.228 e. The Balaban J connectivity index is 2.23. The molecule has 2 atom stereocenters. The first-order valence-electron chi connectivity index (χ1n) is 6.02. The maximum absolute atomic E-state index is 11.8. The number of likely N-dealkylation sites (tertiary alicyclic amines) is 1. The highest BCUT2D eigenvalue weighted by Crippen LogP contribution is 2.41. The second-order valence-corrected chi connectivity index (χ2v) is 4.85. The summed E-state index contributed by atoms with van der Waals surface area (Å²) in [6, 6.07) is 8.45. The quantitative estimate of drug-likeness (QED) is 0.751. The fraction of sp³-hybridized carbons (Fsp3) is 0.500. The minimum absolute atomic E-state index is 0.0887. The fourth-order valence-electron chi connectivity index (χ4n) is 2.49. The van der Waals surface area contributed by atoms with Gasteiger partial charge in [-0.1, -0.05) is 19.1 Å². The van der Waals surface area contributed by atoms with E-state index in [1.807, 2.05) is 36.1 Å². The lowest BCUT2D eigenvalue weighted by molar-refractivity contribution is -0.158. The summed E-state index contributed by atoms with van der Waals surface area (Å²) >= 11 is 0. The van der Waals surface area contributed by atoms with Gasteiger partial charge in [-0.2, -0.15) is 0 Å². The Kier molecular flexibility index (Phi) is 3.09. The van der Waals surface area contributed by atoms with Crippen molar-refractivity contribution in [1.82, 2.24) is 4.90 Å². The molecule has 0 unspecified atom stereocenters. The van der Waals surface area contributed by atoms with Gasteiger partial charge in [0, 0.05) is 6.04 Å². The summed E-state index contributed by atoms with van der Waals surface area (Å²) < 4.78 is 5.14. The molecule has 0 saturated carbocycles. The van der Waals surface area contributed by atoms with Crippen LogP contribution in [0.15, 0.2) is 24.3 Å². The molecule has 1 amide bonds. The van der Waals surface area contributed by atoms with Crippen LogP contribution < -0.4 is 4.74 Å². The van der Waals surface area contributed by atoms with Gasteiger partial charge in [-0.05, 0) is 31.5 Å². The summed E-state index contributed by atoms with van der Waals surface area (Å²) in [6.45, 7) is 6.11. The van der Waals surface area contributed by atoms with Crippen LogP contribution in [-0.2, 0) is 4.79 Å². The minimum Gasteiger partial charge on any atom is -0.497 e. The number of carbonyl (C=O) groups is 1. The Morgan fingerprint density at radius 2 is 1.82 bits per heavy atom. The molecule has 1 aliphatic heterocycles. The molecule has 1 saturated heterocycles. The van der Waals surface area contributed by atoms with Gasteiger partial charge in [0.2, 0.25) is 5.91 Å². The average molecular weight is 233 g/mol. The number of benzene rings is 1. The lowest BCUT2D eigenvalue weighted by atomic mass is 9.82. The van der Waals surface area contributed by atoms with E-state index in [0.717, 1.165) is 5.75 Å². The Morgan fingerprint density at radius 1 is 1.24 bits per heavy atom. The summed E-state index contributed by atoms with van der Waals surface area (Å²) in [7, 11) is 1.66. The lowest BCUT2D eigenvalue weighted by Crippen LogP contribution is -2.56. The first kappa shape index (κ1) is 12.0. The molecule has 0 aromatic heterocycles. The Labute approximate surface area is 102 Å². The van der Waals surface area contributed by atoms with Crippen molar-refractivity contribution in [3.63, 3.8) is 0 Å². The normalized spacial score (nSPS) is 23.8. The first-order chi connectivity index (χ1) is 8.06. The van der Waals surface area contributed by atoms with Gasteiger partial charge in [-0.3, -0.25) is 4.79 Å². The topological polar surface area (TPSA) is 29.5 Å². The summed E-state index contributed by atoms with van der Waals surface area (Å²) in [5.41, 5.74) is 1.19. The van der Waals surface area contributed by atoms with Crippen molar-refractivity contribution in [2.45, 2.75) is 32.9 Å². The third-order valence-corrected chi connectivity index (χ3v) is 3.43. The number of nitrogens with zero attached hydrogens (tertiary/aromatic N) is 1. The van der Waals surface area contributed by atoms with E-state index in [4.69, 9.17) is 4.74 Å². The van der Waals surface area contributed by atoms with E-state index >= 15 is 0 Å². The fourth-order valence-corrected chi connectivity index (χ4v) is 2.49. The van der Waals surface area contributed by atoms with Crippen molar-refractivity contribution in [3.8, 4) is 5.75 Å². The molecule has 1 fully saturated rings. The summed E-state index contributed by atoms with van der Waals surface area (Å²) in [5.74, 6) is 1.19. The maximum atomic E-state index is 11.8.